The summed E-state index contributed by atoms with van der Waals surface area (Å²) >= 11 is 0. The number of nitrogens with two attached hydrogens (primary N) is 2. The zero-order valence-corrected chi connectivity index (χ0v) is 12.0. The van der Waals surface area contributed by atoms with Gasteiger partial charge in [0.05, 0.1) is 12.5 Å². The fourth-order valence-corrected chi connectivity index (χ4v) is 3.12. The van der Waals surface area contributed by atoms with Crippen molar-refractivity contribution in [1.82, 2.24) is 4.90 Å². The molecule has 0 aliphatic carbocycles. The Morgan fingerprint density at radius 1 is 1.43 bits per heavy atom. The summed E-state index contributed by atoms with van der Waals surface area (Å²) in [6, 6.07) is 3.83. The molecule has 1 aromatic rings. The summed E-state index contributed by atoms with van der Waals surface area (Å²) in [5.74, 6) is 0.607. The van der Waals surface area contributed by atoms with Crippen LogP contribution in [0.1, 0.15) is 24.0 Å². The van der Waals surface area contributed by atoms with E-state index in [0.29, 0.717) is 18.8 Å². The number of anilines is 1. The molecule has 1 unspecified atom stereocenters. The molecule has 0 radical (unpaired) electrons. The number of hydrogen-bond donors (Lipinski definition) is 2. The largest absolute Gasteiger partial charge is 0.467 e. The van der Waals surface area contributed by atoms with Crippen LogP contribution in [0.5, 0.6) is 5.75 Å². The molecule has 0 saturated carbocycles. The maximum atomic E-state index is 11.4. The van der Waals surface area contributed by atoms with E-state index < -0.39 is 0 Å². The molecule has 1 aromatic carbocycles. The summed E-state index contributed by atoms with van der Waals surface area (Å²) < 4.78 is 10.9. The molecule has 1 saturated heterocycles. The predicted molar refractivity (Wildman–Crippen MR) is 78.3 cm³/mol. The molecule has 6 nitrogen and oxygen atoms in total. The molecule has 21 heavy (non-hydrogen) atoms. The first kappa shape index (κ1) is 14.2. The Hall–Kier alpha value is -1.79. The third kappa shape index (κ3) is 3.11. The highest BCUT2D eigenvalue weighted by Crippen LogP contribution is 2.32. The van der Waals surface area contributed by atoms with E-state index in [9.17, 15) is 4.79 Å². The molecule has 6 heteroatoms. The highest BCUT2D eigenvalue weighted by atomic mass is 16.7. The van der Waals surface area contributed by atoms with Gasteiger partial charge < -0.3 is 20.9 Å². The lowest BCUT2D eigenvalue weighted by atomic mass is 9.96. The Morgan fingerprint density at radius 3 is 3.10 bits per heavy atom. The third-order valence-electron chi connectivity index (χ3n) is 4.11. The van der Waals surface area contributed by atoms with E-state index in [-0.39, 0.29) is 18.6 Å². The SMILES string of the molecule is NC(=O)C1CCCN(Cc2cc(N)cc3c2OCOC3)C1. The van der Waals surface area contributed by atoms with Crippen molar-refractivity contribution in [3.05, 3.63) is 23.3 Å². The second-order valence-electron chi connectivity index (χ2n) is 5.76. The third-order valence-corrected chi connectivity index (χ3v) is 4.11. The first-order chi connectivity index (χ1) is 10.1. The Balaban J connectivity index is 1.78. The maximum Gasteiger partial charge on any atom is 0.221 e. The summed E-state index contributed by atoms with van der Waals surface area (Å²) in [7, 11) is 0. The molecule has 114 valence electrons. The fraction of sp³-hybridized carbons (Fsp3) is 0.533. The van der Waals surface area contributed by atoms with E-state index in [0.717, 1.165) is 42.8 Å². The molecule has 0 bridgehead atoms. The number of nitrogens with zero attached hydrogens (tertiary/aromatic N) is 1. The van der Waals surface area contributed by atoms with Gasteiger partial charge in [-0.3, -0.25) is 9.69 Å². The van der Waals surface area contributed by atoms with Crippen LogP contribution in [0.3, 0.4) is 0 Å². The lowest BCUT2D eigenvalue weighted by molar-refractivity contribution is -0.123. The minimum absolute atomic E-state index is 0.0557. The van der Waals surface area contributed by atoms with Gasteiger partial charge in [0.1, 0.15) is 5.75 Å². The van der Waals surface area contributed by atoms with E-state index >= 15 is 0 Å². The van der Waals surface area contributed by atoms with Crippen molar-refractivity contribution in [2.45, 2.75) is 26.0 Å². The lowest BCUT2D eigenvalue weighted by Crippen LogP contribution is -2.40. The number of piperidine rings is 1. The number of benzene rings is 1. The van der Waals surface area contributed by atoms with E-state index in [1.165, 1.54) is 0 Å². The normalized spacial score (nSPS) is 22.4. The second kappa shape index (κ2) is 5.91. The lowest BCUT2D eigenvalue weighted by Gasteiger charge is -2.32. The van der Waals surface area contributed by atoms with Crippen LogP contribution in [0.2, 0.25) is 0 Å². The van der Waals surface area contributed by atoms with Gasteiger partial charge in [0.15, 0.2) is 6.79 Å². The van der Waals surface area contributed by atoms with Crippen LogP contribution in [0.25, 0.3) is 0 Å². The Kier molecular flexibility index (Phi) is 3.98. The van der Waals surface area contributed by atoms with Gasteiger partial charge in [0.2, 0.25) is 5.91 Å². The van der Waals surface area contributed by atoms with Gasteiger partial charge in [-0.2, -0.15) is 0 Å². The molecule has 1 amide bonds. The molecule has 3 rings (SSSR count). The van der Waals surface area contributed by atoms with Gasteiger partial charge in [-0.05, 0) is 31.5 Å². The number of likely N-dealkylation sites (tertiary alicyclic amines) is 1. The molecule has 2 aliphatic rings. The van der Waals surface area contributed by atoms with E-state index in [1.54, 1.807) is 0 Å². The fourth-order valence-electron chi connectivity index (χ4n) is 3.12. The van der Waals surface area contributed by atoms with Crippen LogP contribution < -0.4 is 16.2 Å². The first-order valence-corrected chi connectivity index (χ1v) is 7.27. The van der Waals surface area contributed by atoms with Crippen molar-refractivity contribution in [2.24, 2.45) is 11.7 Å². The standard InChI is InChI=1S/C15H21N3O3/c16-13-4-11(14-12(5-13)8-20-9-21-14)7-18-3-1-2-10(6-18)15(17)19/h4-5,10H,1-3,6-9,16H2,(H2,17,19). The van der Waals surface area contributed by atoms with Gasteiger partial charge in [-0.15, -0.1) is 0 Å². The van der Waals surface area contributed by atoms with Gasteiger partial charge in [-0.1, -0.05) is 0 Å². The monoisotopic (exact) mass is 291 g/mol. The van der Waals surface area contributed by atoms with Crippen molar-refractivity contribution >= 4 is 11.6 Å². The number of ether oxygens (including phenoxy) is 2. The second-order valence-corrected chi connectivity index (χ2v) is 5.76. The van der Waals surface area contributed by atoms with Crippen molar-refractivity contribution in [3.8, 4) is 5.75 Å². The molecule has 2 aliphatic heterocycles. The number of primary amides is 1. The summed E-state index contributed by atoms with van der Waals surface area (Å²) in [5, 5.41) is 0. The molecule has 1 fully saturated rings. The highest BCUT2D eigenvalue weighted by molar-refractivity contribution is 5.76. The van der Waals surface area contributed by atoms with Crippen LogP contribution in [0.15, 0.2) is 12.1 Å². The predicted octanol–water partition coefficient (Wildman–Crippen LogP) is 0.833. The molecule has 4 N–H and O–H groups in total. The van der Waals surface area contributed by atoms with Crippen LogP contribution in [-0.2, 0) is 22.7 Å². The number of rotatable bonds is 3. The Labute approximate surface area is 124 Å². The molecule has 0 aromatic heterocycles. The van der Waals surface area contributed by atoms with E-state index in [1.807, 2.05) is 12.1 Å². The van der Waals surface area contributed by atoms with Crippen molar-refractivity contribution < 1.29 is 14.3 Å². The van der Waals surface area contributed by atoms with Crippen molar-refractivity contribution in [2.75, 3.05) is 25.6 Å². The molecular formula is C15H21N3O3. The minimum atomic E-state index is -0.209. The summed E-state index contributed by atoms with van der Waals surface area (Å²) in [6.07, 6.45) is 1.87. The maximum absolute atomic E-state index is 11.4. The summed E-state index contributed by atoms with van der Waals surface area (Å²) in [6.45, 7) is 3.18. The zero-order chi connectivity index (χ0) is 14.8. The minimum Gasteiger partial charge on any atom is -0.467 e. The molecule has 0 spiro atoms. The number of carbonyl (C=O) groups excluding carboxylic acids is 1. The van der Waals surface area contributed by atoms with Crippen LogP contribution in [0, 0.1) is 5.92 Å². The zero-order valence-electron chi connectivity index (χ0n) is 12.0. The quantitative estimate of drug-likeness (QED) is 0.805. The summed E-state index contributed by atoms with van der Waals surface area (Å²) in [4.78, 5) is 13.6. The Bertz CT molecular complexity index is 547. The number of nitrogen functional groups attached to an aromatic ring is 1. The summed E-state index contributed by atoms with van der Waals surface area (Å²) in [5.41, 5.74) is 14.1. The molecule has 2 heterocycles. The van der Waals surface area contributed by atoms with Gasteiger partial charge in [0.25, 0.3) is 0 Å². The van der Waals surface area contributed by atoms with Crippen LogP contribution in [0.4, 0.5) is 5.69 Å². The van der Waals surface area contributed by atoms with Gasteiger partial charge in [-0.25, -0.2) is 0 Å². The number of carbonyl (C=O) groups is 1. The molecular weight excluding hydrogens is 270 g/mol. The Morgan fingerprint density at radius 2 is 2.29 bits per heavy atom. The average molecular weight is 291 g/mol. The van der Waals surface area contributed by atoms with Crippen molar-refractivity contribution in [1.29, 1.82) is 0 Å². The van der Waals surface area contributed by atoms with E-state index in [2.05, 4.69) is 4.90 Å². The first-order valence-electron chi connectivity index (χ1n) is 7.27. The van der Waals surface area contributed by atoms with Crippen molar-refractivity contribution in [3.63, 3.8) is 0 Å². The van der Waals surface area contributed by atoms with E-state index in [4.69, 9.17) is 20.9 Å². The topological polar surface area (TPSA) is 90.8 Å². The van der Waals surface area contributed by atoms with Gasteiger partial charge >= 0.3 is 0 Å². The average Bonchev–Trinajstić information content (AvgIpc) is 2.47. The number of fused-ring (bicyclic) bond motifs is 1. The smallest absolute Gasteiger partial charge is 0.221 e. The number of hydrogen-bond acceptors (Lipinski definition) is 5. The van der Waals surface area contributed by atoms with Crippen LogP contribution in [-0.4, -0.2) is 30.7 Å². The highest BCUT2D eigenvalue weighted by Gasteiger charge is 2.25. The number of amides is 1. The molecule has 1 atom stereocenters. The van der Waals surface area contributed by atoms with Crippen LogP contribution >= 0.6 is 0 Å². The van der Waals surface area contributed by atoms with Gasteiger partial charge in [0, 0.05) is 29.9 Å².